The molecule has 2 aromatic carbocycles. The van der Waals surface area contributed by atoms with E-state index in [0.717, 1.165) is 5.69 Å². The van der Waals surface area contributed by atoms with Crippen molar-refractivity contribution in [1.82, 2.24) is 0 Å². The number of non-ortho nitro benzene ring substituents is 1. The molecule has 2 unspecified atom stereocenters. The Kier molecular flexibility index (Phi) is 5.73. The van der Waals surface area contributed by atoms with E-state index in [1.807, 2.05) is 42.2 Å². The highest BCUT2D eigenvalue weighted by atomic mass is 16.6. The van der Waals surface area contributed by atoms with Crippen molar-refractivity contribution >= 4 is 22.9 Å². The molecule has 2 aromatic rings. The summed E-state index contributed by atoms with van der Waals surface area (Å²) in [6, 6.07) is 14.6. The van der Waals surface area contributed by atoms with Crippen LogP contribution in [0.4, 0.5) is 11.4 Å². The average molecular weight is 408 g/mol. The second kappa shape index (κ2) is 8.10. The number of nitrogens with zero attached hydrogens (tertiary/aromatic N) is 2. The highest BCUT2D eigenvalue weighted by molar-refractivity contribution is 5.96. The van der Waals surface area contributed by atoms with E-state index in [4.69, 9.17) is 0 Å². The predicted octanol–water partition coefficient (Wildman–Crippen LogP) is 4.69. The van der Waals surface area contributed by atoms with Crippen molar-refractivity contribution in [1.29, 1.82) is 0 Å². The number of Topliss-reactive ketones (excluding diaryl/α,β-unsaturated/α-hetero) is 2. The smallest absolute Gasteiger partial charge is 0.269 e. The van der Waals surface area contributed by atoms with Gasteiger partial charge in [-0.25, -0.2) is 0 Å². The Labute approximate surface area is 174 Å². The summed E-state index contributed by atoms with van der Waals surface area (Å²) in [5, 5.41) is 21.9. The third-order valence-corrected chi connectivity index (χ3v) is 5.44. The van der Waals surface area contributed by atoms with Gasteiger partial charge in [-0.05, 0) is 50.6 Å². The van der Waals surface area contributed by atoms with Crippen molar-refractivity contribution in [2.24, 2.45) is 0 Å². The molecule has 1 aliphatic heterocycles. The van der Waals surface area contributed by atoms with E-state index in [1.165, 1.54) is 26.0 Å². The molecule has 0 radical (unpaired) electrons. The van der Waals surface area contributed by atoms with Gasteiger partial charge in [-0.2, -0.15) is 0 Å². The minimum atomic E-state index is -0.789. The Morgan fingerprint density at radius 1 is 1.13 bits per heavy atom. The van der Waals surface area contributed by atoms with Gasteiger partial charge in [-0.1, -0.05) is 18.2 Å². The van der Waals surface area contributed by atoms with Gasteiger partial charge in [0.05, 0.1) is 22.1 Å². The summed E-state index contributed by atoms with van der Waals surface area (Å²) >= 11 is 0. The van der Waals surface area contributed by atoms with E-state index in [1.54, 1.807) is 12.1 Å². The molecule has 0 aromatic heterocycles. The lowest BCUT2D eigenvalue weighted by Gasteiger charge is -2.51. The lowest BCUT2D eigenvalue weighted by molar-refractivity contribution is -0.384. The molecule has 1 N–H and O–H groups in total. The van der Waals surface area contributed by atoms with Crippen molar-refractivity contribution < 1.29 is 19.6 Å². The summed E-state index contributed by atoms with van der Waals surface area (Å²) < 4.78 is 0. The molecule has 1 heterocycles. The average Bonchev–Trinajstić information content (AvgIpc) is 2.66. The molecular formula is C23H24N2O5. The topological polar surface area (TPSA) is 101 Å². The van der Waals surface area contributed by atoms with Gasteiger partial charge < -0.3 is 10.0 Å². The number of benzene rings is 2. The van der Waals surface area contributed by atoms with Crippen LogP contribution in [0, 0.1) is 10.1 Å². The van der Waals surface area contributed by atoms with Crippen molar-refractivity contribution in [3.63, 3.8) is 0 Å². The molecule has 0 spiro atoms. The van der Waals surface area contributed by atoms with Gasteiger partial charge in [0.1, 0.15) is 11.5 Å². The number of hydrogen-bond donors (Lipinski definition) is 1. The third kappa shape index (κ3) is 3.96. The van der Waals surface area contributed by atoms with Crippen LogP contribution < -0.4 is 4.90 Å². The summed E-state index contributed by atoms with van der Waals surface area (Å²) in [7, 11) is 0. The van der Waals surface area contributed by atoms with Crippen molar-refractivity contribution in [2.75, 3.05) is 4.90 Å². The first-order valence-electron chi connectivity index (χ1n) is 9.65. The first-order chi connectivity index (χ1) is 14.1. The molecule has 0 saturated carbocycles. The van der Waals surface area contributed by atoms with E-state index in [-0.39, 0.29) is 41.4 Å². The van der Waals surface area contributed by atoms with E-state index < -0.39 is 16.5 Å². The molecule has 2 atom stereocenters. The van der Waals surface area contributed by atoms with Crippen molar-refractivity contribution in [2.45, 2.75) is 45.2 Å². The monoisotopic (exact) mass is 408 g/mol. The molecule has 30 heavy (non-hydrogen) atoms. The van der Waals surface area contributed by atoms with Gasteiger partial charge in [0, 0.05) is 30.7 Å². The molecule has 7 nitrogen and oxygen atoms in total. The Morgan fingerprint density at radius 2 is 1.73 bits per heavy atom. The molecule has 0 bridgehead atoms. The van der Waals surface area contributed by atoms with E-state index >= 15 is 0 Å². The van der Waals surface area contributed by atoms with Crippen LogP contribution in [-0.4, -0.2) is 27.1 Å². The fraction of sp³-hybridized carbons (Fsp3) is 0.304. The summed E-state index contributed by atoms with van der Waals surface area (Å²) in [6.45, 7) is 4.77. The SMILES string of the molecule is CC(=O)CC1(C)CC(O)=C(C(C)=O)C(c2ccc([N+](=O)[O-])cc2)N1c1ccccc1. The van der Waals surface area contributed by atoms with E-state index in [9.17, 15) is 24.8 Å². The lowest BCUT2D eigenvalue weighted by atomic mass is 9.77. The highest BCUT2D eigenvalue weighted by Crippen LogP contribution is 2.47. The Hall–Kier alpha value is -3.48. The van der Waals surface area contributed by atoms with Gasteiger partial charge in [0.15, 0.2) is 5.78 Å². The molecule has 0 fully saturated rings. The maximum atomic E-state index is 12.6. The van der Waals surface area contributed by atoms with Crippen LogP contribution in [-0.2, 0) is 9.59 Å². The number of anilines is 1. The van der Waals surface area contributed by atoms with Crippen LogP contribution in [0.3, 0.4) is 0 Å². The fourth-order valence-corrected chi connectivity index (χ4v) is 4.36. The fourth-order valence-electron chi connectivity index (χ4n) is 4.36. The maximum Gasteiger partial charge on any atom is 0.269 e. The number of hydrogen-bond acceptors (Lipinski definition) is 6. The highest BCUT2D eigenvalue weighted by Gasteiger charge is 2.46. The molecule has 156 valence electrons. The number of para-hydroxylation sites is 1. The number of aliphatic hydroxyl groups excluding tert-OH is 1. The summed E-state index contributed by atoms with van der Waals surface area (Å²) in [4.78, 5) is 37.2. The summed E-state index contributed by atoms with van der Waals surface area (Å²) in [5.74, 6) is -0.386. The summed E-state index contributed by atoms with van der Waals surface area (Å²) in [5.41, 5.74) is 0.785. The third-order valence-electron chi connectivity index (χ3n) is 5.44. The minimum Gasteiger partial charge on any atom is -0.512 e. The van der Waals surface area contributed by atoms with Crippen LogP contribution in [0.5, 0.6) is 0 Å². The number of carbonyl (C=O) groups is 2. The molecule has 0 amide bonds. The van der Waals surface area contributed by atoms with Crippen LogP contribution in [0.2, 0.25) is 0 Å². The number of carbonyl (C=O) groups excluding carboxylic acids is 2. The van der Waals surface area contributed by atoms with E-state index in [0.29, 0.717) is 5.56 Å². The van der Waals surface area contributed by atoms with Crippen LogP contribution in [0.15, 0.2) is 65.9 Å². The van der Waals surface area contributed by atoms with Crippen LogP contribution in [0.1, 0.15) is 45.2 Å². The Balaban J connectivity index is 2.27. The van der Waals surface area contributed by atoms with Crippen molar-refractivity contribution in [3.8, 4) is 0 Å². The second-order valence-electron chi connectivity index (χ2n) is 7.93. The number of ketones is 2. The van der Waals surface area contributed by atoms with E-state index in [2.05, 4.69) is 0 Å². The molecular weight excluding hydrogens is 384 g/mol. The zero-order valence-electron chi connectivity index (χ0n) is 17.2. The molecule has 0 saturated heterocycles. The zero-order valence-corrected chi connectivity index (χ0v) is 17.2. The maximum absolute atomic E-state index is 12.6. The second-order valence-corrected chi connectivity index (χ2v) is 7.93. The van der Waals surface area contributed by atoms with Crippen LogP contribution >= 0.6 is 0 Å². The first-order valence-corrected chi connectivity index (χ1v) is 9.65. The van der Waals surface area contributed by atoms with Gasteiger partial charge in [-0.15, -0.1) is 0 Å². The predicted molar refractivity (Wildman–Crippen MR) is 113 cm³/mol. The number of nitro groups is 1. The molecule has 3 rings (SSSR count). The lowest BCUT2D eigenvalue weighted by Crippen LogP contribution is -2.54. The van der Waals surface area contributed by atoms with Crippen LogP contribution in [0.25, 0.3) is 0 Å². The molecule has 0 aliphatic carbocycles. The summed E-state index contributed by atoms with van der Waals surface area (Å²) in [6.07, 6.45) is 0.306. The largest absolute Gasteiger partial charge is 0.512 e. The van der Waals surface area contributed by atoms with Crippen molar-refractivity contribution in [3.05, 3.63) is 81.6 Å². The standard InChI is InChI=1S/C23H24N2O5/c1-15(26)13-23(3)14-20(28)21(16(2)27)22(24(23)18-7-5-4-6-8-18)17-9-11-19(12-10-17)25(29)30/h4-12,22,28H,13-14H2,1-3H3. The number of aliphatic hydroxyl groups is 1. The Bertz CT molecular complexity index is 1010. The first kappa shape index (κ1) is 21.2. The minimum absolute atomic E-state index is 0.0417. The zero-order chi connectivity index (χ0) is 22.1. The Morgan fingerprint density at radius 3 is 2.23 bits per heavy atom. The normalized spacial score (nSPS) is 21.4. The number of rotatable bonds is 6. The number of nitro benzene ring substituents is 1. The molecule has 1 aliphatic rings. The van der Waals surface area contributed by atoms with Gasteiger partial charge >= 0.3 is 0 Å². The quantitative estimate of drug-likeness (QED) is 0.550. The van der Waals surface area contributed by atoms with Gasteiger partial charge in [-0.3, -0.25) is 19.7 Å². The molecule has 7 heteroatoms. The van der Waals surface area contributed by atoms with Gasteiger partial charge in [0.25, 0.3) is 5.69 Å². The van der Waals surface area contributed by atoms with Gasteiger partial charge in [0.2, 0.25) is 0 Å².